The van der Waals surface area contributed by atoms with Crippen LogP contribution in [0.15, 0.2) is 146 Å². The highest BCUT2D eigenvalue weighted by Crippen LogP contribution is 2.58. The Morgan fingerprint density at radius 2 is 0.710 bits per heavy atom. The third-order valence-electron chi connectivity index (χ3n) is 13.4. The van der Waals surface area contributed by atoms with Gasteiger partial charge in [0.05, 0.1) is 22.1 Å². The van der Waals surface area contributed by atoms with E-state index < -0.39 is 16.4 Å². The van der Waals surface area contributed by atoms with Gasteiger partial charge in [0.15, 0.2) is 0 Å². The maximum Gasteiger partial charge on any atom is 0.135 e. The number of nitrogens with zero attached hydrogens (tertiary/aromatic N) is 4. The third kappa shape index (κ3) is 6.11. The van der Waals surface area contributed by atoms with Gasteiger partial charge in [-0.05, 0) is 88.1 Å². The molecule has 1 aliphatic rings. The van der Waals surface area contributed by atoms with Crippen molar-refractivity contribution >= 4 is 60.1 Å². The maximum absolute atomic E-state index is 7.59. The summed E-state index contributed by atoms with van der Waals surface area (Å²) >= 11 is 0. The van der Waals surface area contributed by atoms with E-state index in [4.69, 9.17) is 4.74 Å². The highest BCUT2D eigenvalue weighted by molar-refractivity contribution is 7.54. The number of fused-ring (bicyclic) bond motifs is 6. The first-order valence-corrected chi connectivity index (χ1v) is 24.6. The molecule has 0 saturated heterocycles. The van der Waals surface area contributed by atoms with Crippen molar-refractivity contribution < 1.29 is 4.74 Å². The molecule has 0 bridgehead atoms. The van der Waals surface area contributed by atoms with Crippen LogP contribution in [0.5, 0.6) is 11.5 Å². The molecule has 5 nitrogen and oxygen atoms in total. The topological polar surface area (TPSA) is 28.9 Å². The number of benzene rings is 6. The lowest BCUT2D eigenvalue weighted by molar-refractivity contribution is 0.410. The van der Waals surface area contributed by atoms with Gasteiger partial charge in [-0.25, -0.2) is 0 Å². The van der Waals surface area contributed by atoms with Gasteiger partial charge in [-0.1, -0.05) is 122 Å². The smallest absolute Gasteiger partial charge is 0.135 e. The number of aromatic nitrogens is 4. The minimum atomic E-state index is -0.978. The Kier molecular flexibility index (Phi) is 9.20. The molecule has 11 rings (SSSR count). The second-order valence-corrected chi connectivity index (χ2v) is 21.9. The molecule has 1 aliphatic heterocycles. The van der Waals surface area contributed by atoms with E-state index in [0.29, 0.717) is 0 Å². The first-order valence-electron chi connectivity index (χ1n) is 21.7. The molecule has 6 aromatic carbocycles. The zero-order valence-corrected chi connectivity index (χ0v) is 38.7. The van der Waals surface area contributed by atoms with Gasteiger partial charge in [0.25, 0.3) is 0 Å². The van der Waals surface area contributed by atoms with Crippen LogP contribution in [0.3, 0.4) is 0 Å². The second kappa shape index (κ2) is 14.6. The standard InChI is InChI=1S/C55H52N4OP2/c1-35-25-41(33-61(56-29-37(3)43-17-9-13-21-49(43)56)57-30-38(4)44-18-10-14-22-50(44)57)53-47(27-35)55(7,8)48-28-36(2)26-42(54(48)60-53)34-62(58-31-39(5)45-19-11-15-23-51(45)58)59-32-40(6)46-20-12-16-24-52(46)59/h9-32H,33-34H2,1-8H3. The molecular weight excluding hydrogens is 795 g/mol. The van der Waals surface area contributed by atoms with Crippen LogP contribution in [0.4, 0.5) is 0 Å². The fourth-order valence-electron chi connectivity index (χ4n) is 10.2. The fourth-order valence-corrected chi connectivity index (χ4v) is 15.3. The number of ether oxygens (including phenoxy) is 1. The van der Waals surface area contributed by atoms with Crippen LogP contribution in [0.1, 0.15) is 69.5 Å². The molecule has 0 aliphatic carbocycles. The summed E-state index contributed by atoms with van der Waals surface area (Å²) in [4.78, 5) is 0. The van der Waals surface area contributed by atoms with Crippen molar-refractivity contribution in [3.8, 4) is 11.5 Å². The van der Waals surface area contributed by atoms with E-state index >= 15 is 0 Å². The molecule has 0 saturated carbocycles. The van der Waals surface area contributed by atoms with Crippen LogP contribution in [-0.2, 0) is 17.7 Å². The minimum absolute atomic E-state index is 0.295. The molecule has 0 amide bonds. The summed E-state index contributed by atoms with van der Waals surface area (Å²) in [7, 11) is -1.96. The Morgan fingerprint density at radius 3 is 1.02 bits per heavy atom. The zero-order valence-electron chi connectivity index (χ0n) is 36.9. The lowest BCUT2D eigenvalue weighted by atomic mass is 9.73. The maximum atomic E-state index is 7.59. The molecular formula is C55H52N4OP2. The summed E-state index contributed by atoms with van der Waals surface area (Å²) < 4.78 is 17.9. The summed E-state index contributed by atoms with van der Waals surface area (Å²) in [6, 6.07) is 45.1. The SMILES string of the molecule is Cc1cc(CP(n2cc(C)c3ccccc32)n2cc(C)c3ccccc32)c2c(c1)C(C)(C)c1cc(C)cc(CP(n3cc(C)c4ccccc43)n3cc(C)c4ccccc43)c1O2. The first kappa shape index (κ1) is 39.0. The van der Waals surface area contributed by atoms with Gasteiger partial charge >= 0.3 is 0 Å². The number of aryl methyl sites for hydroxylation is 6. The largest absolute Gasteiger partial charge is 0.456 e. The summed E-state index contributed by atoms with van der Waals surface area (Å²) in [5.74, 6) is 2.03. The number of hydrogen-bond acceptors (Lipinski definition) is 1. The van der Waals surface area contributed by atoms with E-state index in [9.17, 15) is 0 Å². The molecule has 0 spiro atoms. The Labute approximate surface area is 366 Å². The van der Waals surface area contributed by atoms with Gasteiger partial charge < -0.3 is 22.1 Å². The second-order valence-electron chi connectivity index (χ2n) is 18.1. The van der Waals surface area contributed by atoms with Crippen LogP contribution >= 0.6 is 16.4 Å². The molecule has 0 N–H and O–H groups in total. The molecule has 10 aromatic rings. The molecule has 62 heavy (non-hydrogen) atoms. The quantitative estimate of drug-likeness (QED) is 0.140. The monoisotopic (exact) mass is 846 g/mol. The minimum Gasteiger partial charge on any atom is -0.456 e. The number of rotatable bonds is 8. The number of para-hydroxylation sites is 4. The van der Waals surface area contributed by atoms with Crippen molar-refractivity contribution in [2.45, 2.75) is 73.1 Å². The lowest BCUT2D eigenvalue weighted by Gasteiger charge is -2.38. The Morgan fingerprint density at radius 1 is 0.419 bits per heavy atom. The molecule has 0 unspecified atom stereocenters. The van der Waals surface area contributed by atoms with E-state index in [1.807, 2.05) is 0 Å². The van der Waals surface area contributed by atoms with Crippen molar-refractivity contribution in [2.24, 2.45) is 0 Å². The van der Waals surface area contributed by atoms with Crippen molar-refractivity contribution in [3.63, 3.8) is 0 Å². The van der Waals surface area contributed by atoms with Crippen LogP contribution in [0.2, 0.25) is 0 Å². The lowest BCUT2D eigenvalue weighted by Crippen LogP contribution is -2.26. The molecule has 0 radical (unpaired) electrons. The van der Waals surface area contributed by atoms with Gasteiger partial charge in [-0.3, -0.25) is 0 Å². The molecule has 308 valence electrons. The van der Waals surface area contributed by atoms with Crippen LogP contribution < -0.4 is 4.74 Å². The Bertz CT molecular complexity index is 3030. The normalized spacial score (nSPS) is 13.5. The fraction of sp³-hybridized carbons (Fsp3) is 0.200. The third-order valence-corrected chi connectivity index (χ3v) is 17.9. The van der Waals surface area contributed by atoms with Gasteiger partial charge in [0, 0.05) is 86.3 Å². The zero-order chi connectivity index (χ0) is 42.6. The Hall–Kier alpha value is -5.86. The molecule has 5 heterocycles. The van der Waals surface area contributed by atoms with Gasteiger partial charge in [-0.15, -0.1) is 0 Å². The van der Waals surface area contributed by atoms with Crippen LogP contribution in [0.25, 0.3) is 43.6 Å². The van der Waals surface area contributed by atoms with Crippen molar-refractivity contribution in [2.75, 3.05) is 0 Å². The number of hydrogen-bond donors (Lipinski definition) is 0. The highest BCUT2D eigenvalue weighted by Gasteiger charge is 2.39. The van der Waals surface area contributed by atoms with Gasteiger partial charge in [0.2, 0.25) is 0 Å². The van der Waals surface area contributed by atoms with E-state index in [0.717, 1.165) is 23.8 Å². The molecule has 7 heteroatoms. The van der Waals surface area contributed by atoms with E-state index in [1.165, 1.54) is 99.2 Å². The van der Waals surface area contributed by atoms with Crippen molar-refractivity contribution in [1.29, 1.82) is 0 Å². The predicted molar refractivity (Wildman–Crippen MR) is 264 cm³/mol. The summed E-state index contributed by atoms with van der Waals surface area (Å²) in [6.45, 7) is 18.3. The summed E-state index contributed by atoms with van der Waals surface area (Å²) in [5.41, 5.74) is 17.5. The summed E-state index contributed by atoms with van der Waals surface area (Å²) in [5, 5.41) is 5.22. The predicted octanol–water partition coefficient (Wildman–Crippen LogP) is 15.6. The van der Waals surface area contributed by atoms with E-state index in [1.54, 1.807) is 0 Å². The van der Waals surface area contributed by atoms with Crippen LogP contribution in [-0.4, -0.2) is 17.4 Å². The summed E-state index contributed by atoms with van der Waals surface area (Å²) in [6.07, 6.45) is 11.2. The average Bonchev–Trinajstić information content (AvgIpc) is 4.00. The Balaban J connectivity index is 1.09. The van der Waals surface area contributed by atoms with Crippen molar-refractivity contribution in [3.05, 3.63) is 202 Å². The first-order chi connectivity index (χ1) is 30.0. The van der Waals surface area contributed by atoms with Crippen LogP contribution in [0, 0.1) is 41.5 Å². The van der Waals surface area contributed by atoms with E-state index in [2.05, 4.69) is 219 Å². The average molecular weight is 847 g/mol. The van der Waals surface area contributed by atoms with Gasteiger partial charge in [0.1, 0.15) is 27.9 Å². The van der Waals surface area contributed by atoms with Crippen molar-refractivity contribution in [1.82, 2.24) is 17.4 Å². The molecule has 4 aromatic heterocycles. The van der Waals surface area contributed by atoms with E-state index in [-0.39, 0.29) is 5.41 Å². The highest BCUT2D eigenvalue weighted by atomic mass is 31.1. The molecule has 0 atom stereocenters. The molecule has 0 fully saturated rings. The van der Waals surface area contributed by atoms with Gasteiger partial charge in [-0.2, -0.15) is 0 Å².